The fraction of sp³-hybridized carbons (Fsp3) is 0.357. The van der Waals surface area contributed by atoms with Crippen LogP contribution in [0, 0.1) is 11.5 Å². The van der Waals surface area contributed by atoms with Gasteiger partial charge in [-0.1, -0.05) is 12.2 Å². The van der Waals surface area contributed by atoms with Crippen LogP contribution in [0.2, 0.25) is 0 Å². The molecule has 1 N–H and O–H groups in total. The highest BCUT2D eigenvalue weighted by Gasteiger charge is 2.40. The maximum absolute atomic E-state index is 10.5. The first-order valence-corrected chi connectivity index (χ1v) is 8.42. The molecule has 0 fully saturated rings. The molecule has 0 spiro atoms. The van der Waals surface area contributed by atoms with E-state index in [4.69, 9.17) is 10.00 Å². The van der Waals surface area contributed by atoms with E-state index in [0.717, 1.165) is 27.3 Å². The van der Waals surface area contributed by atoms with E-state index in [-0.39, 0.29) is 11.8 Å². The van der Waals surface area contributed by atoms with Crippen molar-refractivity contribution in [1.29, 1.82) is 5.26 Å². The van der Waals surface area contributed by atoms with E-state index in [1.54, 1.807) is 6.26 Å². The summed E-state index contributed by atoms with van der Waals surface area (Å²) in [4.78, 5) is 1.68. The number of nitriles is 1. The minimum absolute atomic E-state index is 0.267. The summed E-state index contributed by atoms with van der Waals surface area (Å²) in [5.74, 6) is 1.55. The van der Waals surface area contributed by atoms with Gasteiger partial charge in [0.2, 0.25) is 0 Å². The smallest absolute Gasteiger partial charge is 0.292 e. The molecule has 98 valence electrons. The molecular weight excluding hydrogens is 278 g/mol. The predicted molar refractivity (Wildman–Crippen MR) is 77.1 cm³/mol. The fourth-order valence-electron chi connectivity index (χ4n) is 3.10. The van der Waals surface area contributed by atoms with Crippen LogP contribution in [-0.4, -0.2) is 17.6 Å². The van der Waals surface area contributed by atoms with Gasteiger partial charge in [-0.2, -0.15) is 0 Å². The number of thioether (sulfide) groups is 2. The Morgan fingerprint density at radius 2 is 1.84 bits per heavy atom. The SMILES string of the molecule is CSc1c(O)c2c(c(OC#N)c1SC)[C@H]1C=C[C@@H]2C1. The monoisotopic (exact) mass is 291 g/mol. The number of phenolic OH excluding ortho intramolecular Hbond substituents is 1. The first-order valence-electron chi connectivity index (χ1n) is 5.97. The predicted octanol–water partition coefficient (Wildman–Crippen LogP) is 3.84. The van der Waals surface area contributed by atoms with Crippen LogP contribution in [0.5, 0.6) is 11.5 Å². The van der Waals surface area contributed by atoms with Crippen molar-refractivity contribution in [3.05, 3.63) is 23.3 Å². The normalized spacial score (nSPS) is 22.4. The van der Waals surface area contributed by atoms with Crippen molar-refractivity contribution in [1.82, 2.24) is 0 Å². The van der Waals surface area contributed by atoms with E-state index < -0.39 is 0 Å². The van der Waals surface area contributed by atoms with Gasteiger partial charge in [-0.3, -0.25) is 0 Å². The molecular formula is C14H13NO2S2. The van der Waals surface area contributed by atoms with Gasteiger partial charge in [0.05, 0.1) is 9.79 Å². The Balaban J connectivity index is 2.33. The zero-order chi connectivity index (χ0) is 13.6. The molecule has 0 heterocycles. The molecule has 0 aliphatic heterocycles. The molecule has 5 heteroatoms. The molecule has 3 nitrogen and oxygen atoms in total. The minimum atomic E-state index is 0.267. The van der Waals surface area contributed by atoms with E-state index in [0.29, 0.717) is 11.5 Å². The first kappa shape index (κ1) is 12.8. The number of hydrogen-bond acceptors (Lipinski definition) is 5. The van der Waals surface area contributed by atoms with Crippen molar-refractivity contribution in [3.8, 4) is 17.8 Å². The molecule has 19 heavy (non-hydrogen) atoms. The quantitative estimate of drug-likeness (QED) is 0.521. The molecule has 2 atom stereocenters. The van der Waals surface area contributed by atoms with Crippen molar-refractivity contribution >= 4 is 23.5 Å². The molecule has 2 aliphatic rings. The molecule has 0 saturated carbocycles. The molecule has 0 unspecified atom stereocenters. The van der Waals surface area contributed by atoms with Gasteiger partial charge in [0, 0.05) is 23.0 Å². The first-order chi connectivity index (χ1) is 9.22. The number of fused-ring (bicyclic) bond motifs is 5. The van der Waals surface area contributed by atoms with Crippen LogP contribution in [0.25, 0.3) is 0 Å². The summed E-state index contributed by atoms with van der Waals surface area (Å²) < 4.78 is 5.25. The van der Waals surface area contributed by atoms with E-state index in [9.17, 15) is 5.11 Å². The number of aromatic hydroxyl groups is 1. The van der Waals surface area contributed by atoms with Crippen molar-refractivity contribution in [2.45, 2.75) is 28.0 Å². The summed E-state index contributed by atoms with van der Waals surface area (Å²) >= 11 is 3.01. The number of phenols is 1. The molecule has 2 bridgehead atoms. The molecule has 0 aromatic heterocycles. The lowest BCUT2D eigenvalue weighted by Crippen LogP contribution is -2.01. The largest absolute Gasteiger partial charge is 0.506 e. The Morgan fingerprint density at radius 3 is 2.42 bits per heavy atom. The Labute approximate surface area is 120 Å². The summed E-state index contributed by atoms with van der Waals surface area (Å²) in [7, 11) is 0. The Morgan fingerprint density at radius 1 is 1.21 bits per heavy atom. The van der Waals surface area contributed by atoms with Gasteiger partial charge in [0.15, 0.2) is 5.75 Å². The highest BCUT2D eigenvalue weighted by atomic mass is 32.2. The number of nitrogens with zero attached hydrogens (tertiary/aromatic N) is 1. The minimum Gasteiger partial charge on any atom is -0.506 e. The number of ether oxygens (including phenoxy) is 1. The second-order valence-electron chi connectivity index (χ2n) is 4.60. The van der Waals surface area contributed by atoms with Crippen molar-refractivity contribution in [2.24, 2.45) is 0 Å². The van der Waals surface area contributed by atoms with E-state index in [2.05, 4.69) is 12.2 Å². The molecule has 1 aromatic carbocycles. The van der Waals surface area contributed by atoms with Crippen LogP contribution >= 0.6 is 23.5 Å². The summed E-state index contributed by atoms with van der Waals surface area (Å²) in [6.07, 6.45) is 10.9. The van der Waals surface area contributed by atoms with Gasteiger partial charge in [-0.25, -0.2) is 0 Å². The lowest BCUT2D eigenvalue weighted by molar-refractivity contribution is 0.438. The molecule has 1 aromatic rings. The third-order valence-electron chi connectivity index (χ3n) is 3.80. The highest BCUT2D eigenvalue weighted by Crippen LogP contribution is 2.59. The Kier molecular flexibility index (Phi) is 3.15. The third-order valence-corrected chi connectivity index (χ3v) is 5.53. The number of benzene rings is 1. The number of hydrogen-bond donors (Lipinski definition) is 1. The van der Waals surface area contributed by atoms with Crippen LogP contribution in [0.1, 0.15) is 29.4 Å². The highest BCUT2D eigenvalue weighted by molar-refractivity contribution is 8.01. The Bertz CT molecular complexity index is 619. The van der Waals surface area contributed by atoms with Gasteiger partial charge < -0.3 is 9.84 Å². The van der Waals surface area contributed by atoms with Gasteiger partial charge in [-0.05, 0) is 18.9 Å². The summed E-state index contributed by atoms with van der Waals surface area (Å²) in [5, 5.41) is 19.4. The van der Waals surface area contributed by atoms with Crippen molar-refractivity contribution < 1.29 is 9.84 Å². The summed E-state index contributed by atoms with van der Waals surface area (Å²) in [5.41, 5.74) is 1.97. The average molecular weight is 291 g/mol. The van der Waals surface area contributed by atoms with Gasteiger partial charge in [-0.15, -0.1) is 28.8 Å². The topological polar surface area (TPSA) is 53.2 Å². The summed E-state index contributed by atoms with van der Waals surface area (Å²) in [6.45, 7) is 0. The molecule has 0 radical (unpaired) electrons. The lowest BCUT2D eigenvalue weighted by Gasteiger charge is -2.20. The standard InChI is InChI=1S/C14H13NO2S2/c1-18-13-11(16)9-7-3-4-8(5-7)10(9)12(17-6-15)14(13)19-2/h3-4,7-8,16H,5H2,1-2H3/t7-,8+/m1/s1. The van der Waals surface area contributed by atoms with E-state index in [1.807, 2.05) is 12.5 Å². The van der Waals surface area contributed by atoms with Gasteiger partial charge in [0.25, 0.3) is 6.26 Å². The van der Waals surface area contributed by atoms with Crippen molar-refractivity contribution in [2.75, 3.05) is 12.5 Å². The maximum atomic E-state index is 10.5. The second-order valence-corrected chi connectivity index (χ2v) is 6.23. The molecule has 3 rings (SSSR count). The van der Waals surface area contributed by atoms with Gasteiger partial charge >= 0.3 is 0 Å². The number of rotatable bonds is 3. The lowest BCUT2D eigenvalue weighted by atomic mass is 9.95. The molecule has 2 aliphatic carbocycles. The van der Waals surface area contributed by atoms with Crippen LogP contribution in [0.4, 0.5) is 0 Å². The number of allylic oxidation sites excluding steroid dienone is 2. The Hall–Kier alpha value is -1.25. The summed E-state index contributed by atoms with van der Waals surface area (Å²) in [6, 6.07) is 0. The van der Waals surface area contributed by atoms with Crippen LogP contribution < -0.4 is 4.74 Å². The van der Waals surface area contributed by atoms with Crippen LogP contribution in [-0.2, 0) is 0 Å². The van der Waals surface area contributed by atoms with Crippen LogP contribution in [0.15, 0.2) is 21.9 Å². The molecule has 0 amide bonds. The van der Waals surface area contributed by atoms with Gasteiger partial charge in [0.1, 0.15) is 5.75 Å². The van der Waals surface area contributed by atoms with E-state index in [1.165, 1.54) is 23.5 Å². The third kappa shape index (κ3) is 1.67. The second kappa shape index (κ2) is 4.69. The average Bonchev–Trinajstić information content (AvgIpc) is 3.02. The van der Waals surface area contributed by atoms with E-state index >= 15 is 0 Å². The van der Waals surface area contributed by atoms with Crippen LogP contribution in [0.3, 0.4) is 0 Å². The zero-order valence-corrected chi connectivity index (χ0v) is 12.3. The van der Waals surface area contributed by atoms with Crippen molar-refractivity contribution in [3.63, 3.8) is 0 Å². The zero-order valence-electron chi connectivity index (χ0n) is 10.6. The molecule has 0 saturated heterocycles. The maximum Gasteiger partial charge on any atom is 0.292 e. The fourth-order valence-corrected chi connectivity index (χ4v) is 4.80.